The van der Waals surface area contributed by atoms with E-state index in [0.29, 0.717) is 39.9 Å². The fourth-order valence-electron chi connectivity index (χ4n) is 3.99. The van der Waals surface area contributed by atoms with Gasteiger partial charge < -0.3 is 23.7 Å². The van der Waals surface area contributed by atoms with E-state index in [4.69, 9.17) is 23.7 Å². The Kier molecular flexibility index (Phi) is 5.74. The smallest absolute Gasteiger partial charge is 0.364 e. The number of fused-ring (bicyclic) bond motifs is 1. The molecule has 2 aliphatic heterocycles. The second kappa shape index (κ2) is 9.02. The fraction of sp³-hybridized carbons (Fsp3) is 0.143. The molecule has 3 aromatic rings. The van der Waals surface area contributed by atoms with Crippen LogP contribution in [0.3, 0.4) is 0 Å². The Bertz CT molecular complexity index is 1390. The highest BCUT2D eigenvalue weighted by atomic mass is 16.6. The van der Waals surface area contributed by atoms with Crippen molar-refractivity contribution >= 4 is 23.2 Å². The molecule has 0 aliphatic carbocycles. The largest absolute Gasteiger partial charge is 0.493 e. The van der Waals surface area contributed by atoms with Crippen LogP contribution in [0.25, 0.3) is 11.3 Å². The van der Waals surface area contributed by atoms with Gasteiger partial charge in [0.05, 0.1) is 21.3 Å². The summed E-state index contributed by atoms with van der Waals surface area (Å²) in [7, 11) is 4.65. The van der Waals surface area contributed by atoms with Crippen LogP contribution in [0.15, 0.2) is 77.4 Å². The lowest BCUT2D eigenvalue weighted by Crippen LogP contribution is -2.09. The van der Waals surface area contributed by atoms with Crippen LogP contribution in [0.5, 0.6) is 23.0 Å². The molecular formula is C28H23NO6. The summed E-state index contributed by atoms with van der Waals surface area (Å²) in [5.41, 5.74) is 4.07. The Morgan fingerprint density at radius 1 is 0.800 bits per heavy atom. The fourth-order valence-corrected chi connectivity index (χ4v) is 3.99. The van der Waals surface area contributed by atoms with Crippen molar-refractivity contribution in [2.75, 3.05) is 21.3 Å². The zero-order valence-corrected chi connectivity index (χ0v) is 19.7. The van der Waals surface area contributed by atoms with Crippen LogP contribution in [0.2, 0.25) is 0 Å². The Labute approximate surface area is 202 Å². The topological polar surface area (TPSA) is 75.6 Å². The van der Waals surface area contributed by atoms with E-state index >= 15 is 0 Å². The van der Waals surface area contributed by atoms with Crippen LogP contribution in [0.1, 0.15) is 22.3 Å². The Morgan fingerprint density at radius 3 is 2.14 bits per heavy atom. The van der Waals surface area contributed by atoms with Gasteiger partial charge in [-0.25, -0.2) is 9.79 Å². The number of methoxy groups -OCH3 is 3. The van der Waals surface area contributed by atoms with E-state index in [9.17, 15) is 4.79 Å². The summed E-state index contributed by atoms with van der Waals surface area (Å²) in [5.74, 6) is 2.28. The van der Waals surface area contributed by atoms with Crippen molar-refractivity contribution in [2.24, 2.45) is 4.99 Å². The third-order valence-corrected chi connectivity index (χ3v) is 5.77. The number of aryl methyl sites for hydroxylation is 1. The van der Waals surface area contributed by atoms with E-state index in [2.05, 4.69) is 4.99 Å². The quantitative estimate of drug-likeness (QED) is 0.379. The highest BCUT2D eigenvalue weighted by molar-refractivity contribution is 6.15. The van der Waals surface area contributed by atoms with E-state index in [1.165, 1.54) is 0 Å². The molecule has 0 saturated heterocycles. The molecule has 0 unspecified atom stereocenters. The minimum atomic E-state index is -0.521. The third-order valence-electron chi connectivity index (χ3n) is 5.77. The van der Waals surface area contributed by atoms with Gasteiger partial charge in [-0.2, -0.15) is 0 Å². The summed E-state index contributed by atoms with van der Waals surface area (Å²) in [6.45, 7) is 1.99. The van der Waals surface area contributed by atoms with Gasteiger partial charge in [0.2, 0.25) is 11.6 Å². The van der Waals surface area contributed by atoms with Crippen LogP contribution >= 0.6 is 0 Å². The molecule has 0 fully saturated rings. The summed E-state index contributed by atoms with van der Waals surface area (Å²) in [4.78, 5) is 17.5. The van der Waals surface area contributed by atoms with Crippen molar-refractivity contribution < 1.29 is 28.5 Å². The van der Waals surface area contributed by atoms with Crippen molar-refractivity contribution in [1.29, 1.82) is 0 Å². The molecule has 0 atom stereocenters. The molecule has 0 bridgehead atoms. The molecule has 176 valence electrons. The first-order chi connectivity index (χ1) is 17.0. The zero-order valence-electron chi connectivity index (χ0n) is 19.7. The van der Waals surface area contributed by atoms with Crippen molar-refractivity contribution in [2.45, 2.75) is 6.92 Å². The number of allylic oxidation sites excluding steroid dienone is 2. The van der Waals surface area contributed by atoms with Gasteiger partial charge in [0.25, 0.3) is 0 Å². The van der Waals surface area contributed by atoms with Gasteiger partial charge in [-0.3, -0.25) is 0 Å². The first-order valence-electron chi connectivity index (χ1n) is 10.9. The first kappa shape index (κ1) is 22.3. The molecule has 0 amide bonds. The number of carbonyl (C=O) groups is 1. The molecule has 0 aromatic heterocycles. The van der Waals surface area contributed by atoms with E-state index < -0.39 is 5.97 Å². The van der Waals surface area contributed by atoms with Crippen molar-refractivity contribution in [3.8, 4) is 23.0 Å². The highest BCUT2D eigenvalue weighted by Crippen LogP contribution is 2.44. The van der Waals surface area contributed by atoms with Gasteiger partial charge in [0.1, 0.15) is 11.5 Å². The molecule has 0 N–H and O–H groups in total. The maximum atomic E-state index is 12.9. The van der Waals surface area contributed by atoms with Crippen LogP contribution in [0, 0.1) is 6.92 Å². The Hall–Kier alpha value is -4.52. The van der Waals surface area contributed by atoms with E-state index in [0.717, 1.165) is 16.7 Å². The average Bonchev–Trinajstić information content (AvgIpc) is 3.28. The van der Waals surface area contributed by atoms with Crippen LogP contribution in [0.4, 0.5) is 0 Å². The molecular weight excluding hydrogens is 446 g/mol. The minimum Gasteiger partial charge on any atom is -0.493 e. The molecule has 35 heavy (non-hydrogen) atoms. The Morgan fingerprint density at radius 2 is 1.49 bits per heavy atom. The number of benzene rings is 3. The summed E-state index contributed by atoms with van der Waals surface area (Å²) in [6.07, 6.45) is 1.78. The number of carbonyl (C=O) groups excluding carboxylic acids is 1. The molecule has 7 heteroatoms. The molecule has 0 saturated carbocycles. The summed E-state index contributed by atoms with van der Waals surface area (Å²) >= 11 is 0. The maximum Gasteiger partial charge on any atom is 0.364 e. The summed E-state index contributed by atoms with van der Waals surface area (Å²) in [5, 5.41) is 0. The molecule has 0 radical (unpaired) electrons. The predicted molar refractivity (Wildman–Crippen MR) is 132 cm³/mol. The van der Waals surface area contributed by atoms with Gasteiger partial charge in [-0.15, -0.1) is 0 Å². The zero-order chi connectivity index (χ0) is 24.5. The number of rotatable bonds is 5. The SMILES string of the molecule is COc1cc(C2=CC(=C3N=C(c4ccc(C)cc4)OC3=O)c3ccccc3O2)cc(OC)c1OC. The summed E-state index contributed by atoms with van der Waals surface area (Å²) in [6, 6.07) is 18.7. The van der Waals surface area contributed by atoms with Crippen molar-refractivity contribution in [1.82, 2.24) is 0 Å². The van der Waals surface area contributed by atoms with Crippen molar-refractivity contribution in [3.63, 3.8) is 0 Å². The number of esters is 1. The number of hydrogen-bond acceptors (Lipinski definition) is 7. The molecule has 0 spiro atoms. The van der Waals surface area contributed by atoms with Crippen LogP contribution in [-0.4, -0.2) is 33.2 Å². The number of aliphatic imine (C=N–C) groups is 1. The lowest BCUT2D eigenvalue weighted by atomic mass is 9.97. The second-order valence-corrected chi connectivity index (χ2v) is 7.96. The first-order valence-corrected chi connectivity index (χ1v) is 10.9. The monoisotopic (exact) mass is 469 g/mol. The number of cyclic esters (lactones) is 1. The molecule has 3 aromatic carbocycles. The lowest BCUT2D eigenvalue weighted by Gasteiger charge is -2.22. The van der Waals surface area contributed by atoms with Crippen molar-refractivity contribution in [3.05, 3.63) is 94.7 Å². The molecule has 5 rings (SSSR count). The van der Waals surface area contributed by atoms with Gasteiger partial charge >= 0.3 is 5.97 Å². The number of nitrogens with zero attached hydrogens (tertiary/aromatic N) is 1. The summed E-state index contributed by atoms with van der Waals surface area (Å²) < 4.78 is 28.2. The van der Waals surface area contributed by atoms with Gasteiger partial charge in [-0.05, 0) is 43.3 Å². The standard InChI is InChI=1S/C28H23NO6/c1-16-9-11-17(12-10-16)27-29-25(28(30)35-27)20-15-22(34-21-8-6-5-7-19(20)21)18-13-23(31-2)26(33-4)24(14-18)32-3/h5-15H,1-4H3. The number of para-hydroxylation sites is 1. The predicted octanol–water partition coefficient (Wildman–Crippen LogP) is 5.17. The normalized spacial score (nSPS) is 16.5. The third kappa shape index (κ3) is 4.01. The lowest BCUT2D eigenvalue weighted by molar-refractivity contribution is -0.129. The molecule has 2 aliphatic rings. The Balaban J connectivity index is 1.67. The van der Waals surface area contributed by atoms with E-state index in [1.54, 1.807) is 39.5 Å². The van der Waals surface area contributed by atoms with Gasteiger partial charge in [0.15, 0.2) is 17.2 Å². The van der Waals surface area contributed by atoms with Crippen LogP contribution < -0.4 is 18.9 Å². The number of hydrogen-bond donors (Lipinski definition) is 0. The molecule has 7 nitrogen and oxygen atoms in total. The van der Waals surface area contributed by atoms with Crippen LogP contribution in [-0.2, 0) is 9.53 Å². The highest BCUT2D eigenvalue weighted by Gasteiger charge is 2.31. The van der Waals surface area contributed by atoms with E-state index in [-0.39, 0.29) is 11.6 Å². The number of ether oxygens (including phenoxy) is 5. The minimum absolute atomic E-state index is 0.210. The van der Waals surface area contributed by atoms with E-state index in [1.807, 2.05) is 55.5 Å². The van der Waals surface area contributed by atoms with Gasteiger partial charge in [-0.1, -0.05) is 35.9 Å². The molecule has 2 heterocycles. The maximum absolute atomic E-state index is 12.9. The second-order valence-electron chi connectivity index (χ2n) is 7.96. The van der Waals surface area contributed by atoms with Gasteiger partial charge in [0, 0.05) is 22.3 Å². The average molecular weight is 469 g/mol.